The molecule has 0 aliphatic carbocycles. The number of carbonyl (C=O) groups is 1. The van der Waals surface area contributed by atoms with Crippen LogP contribution < -0.4 is 10.0 Å². The largest absolute Gasteiger partial charge is 0.462 e. The maximum absolute atomic E-state index is 13.7. The average molecular weight is 381 g/mol. The summed E-state index contributed by atoms with van der Waals surface area (Å²) in [5, 5.41) is 3.12. The molecule has 1 fully saturated rings. The number of hydrogen-bond acceptors (Lipinski definition) is 5. The Morgan fingerprint density at radius 2 is 2.12 bits per heavy atom. The highest BCUT2D eigenvalue weighted by Crippen LogP contribution is 2.18. The smallest absolute Gasteiger partial charge is 0.338 e. The van der Waals surface area contributed by atoms with Gasteiger partial charge in [-0.15, -0.1) is 12.4 Å². The van der Waals surface area contributed by atoms with Crippen LogP contribution >= 0.6 is 12.4 Å². The van der Waals surface area contributed by atoms with E-state index in [1.54, 1.807) is 6.92 Å². The number of hydrogen-bond donors (Lipinski definition) is 2. The van der Waals surface area contributed by atoms with Crippen LogP contribution in [0.5, 0.6) is 0 Å². The van der Waals surface area contributed by atoms with Crippen LogP contribution in [-0.2, 0) is 14.8 Å². The standard InChI is InChI=1S/C15H21FN2O4S.ClH/c1-3-22-15(19)11-6-12(16)8-13(7-11)23(20,21)18-14-9-17-5-4-10(14)2;/h6-8,10,14,17-18H,3-5,9H2,1-2H3;1H. The van der Waals surface area contributed by atoms with Crippen molar-refractivity contribution in [3.8, 4) is 0 Å². The van der Waals surface area contributed by atoms with Gasteiger partial charge in [0.1, 0.15) is 5.82 Å². The Balaban J connectivity index is 0.00000288. The van der Waals surface area contributed by atoms with Gasteiger partial charge < -0.3 is 10.1 Å². The van der Waals surface area contributed by atoms with Gasteiger partial charge in [0.15, 0.2) is 0 Å². The molecule has 0 spiro atoms. The summed E-state index contributed by atoms with van der Waals surface area (Å²) < 4.78 is 46.0. The quantitative estimate of drug-likeness (QED) is 0.759. The van der Waals surface area contributed by atoms with Crippen molar-refractivity contribution in [3.05, 3.63) is 29.6 Å². The van der Waals surface area contributed by atoms with E-state index in [0.717, 1.165) is 31.2 Å². The second-order valence-corrected chi connectivity index (χ2v) is 7.31. The van der Waals surface area contributed by atoms with Crippen LogP contribution in [0.4, 0.5) is 4.39 Å². The highest BCUT2D eigenvalue weighted by molar-refractivity contribution is 7.89. The number of sulfonamides is 1. The van der Waals surface area contributed by atoms with Crippen molar-refractivity contribution in [1.82, 2.24) is 10.0 Å². The van der Waals surface area contributed by atoms with Crippen LogP contribution in [0.3, 0.4) is 0 Å². The Kier molecular flexibility index (Phi) is 7.59. The first-order chi connectivity index (χ1) is 10.8. The summed E-state index contributed by atoms with van der Waals surface area (Å²) in [4.78, 5) is 11.4. The van der Waals surface area contributed by atoms with Gasteiger partial charge >= 0.3 is 5.97 Å². The van der Waals surface area contributed by atoms with Gasteiger partial charge in [-0.05, 0) is 44.0 Å². The third-order valence-electron chi connectivity index (χ3n) is 3.83. The van der Waals surface area contributed by atoms with Crippen LogP contribution in [0.15, 0.2) is 23.1 Å². The molecule has 2 atom stereocenters. The number of halogens is 2. The average Bonchev–Trinajstić information content (AvgIpc) is 2.49. The first-order valence-electron chi connectivity index (χ1n) is 7.54. The van der Waals surface area contributed by atoms with E-state index in [9.17, 15) is 17.6 Å². The molecular formula is C15H22ClFN2O4S. The molecule has 2 N–H and O–H groups in total. The fourth-order valence-electron chi connectivity index (χ4n) is 2.46. The predicted molar refractivity (Wildman–Crippen MR) is 90.4 cm³/mol. The molecule has 1 saturated heterocycles. The first-order valence-corrected chi connectivity index (χ1v) is 9.02. The zero-order chi connectivity index (χ0) is 17.0. The Morgan fingerprint density at radius 3 is 2.75 bits per heavy atom. The van der Waals surface area contributed by atoms with E-state index in [4.69, 9.17) is 4.74 Å². The number of benzene rings is 1. The van der Waals surface area contributed by atoms with Crippen molar-refractivity contribution in [3.63, 3.8) is 0 Å². The third kappa shape index (κ3) is 5.14. The minimum absolute atomic E-state index is 0. The van der Waals surface area contributed by atoms with Gasteiger partial charge in [-0.3, -0.25) is 0 Å². The van der Waals surface area contributed by atoms with Crippen molar-refractivity contribution in [1.29, 1.82) is 0 Å². The molecule has 0 aromatic heterocycles. The van der Waals surface area contributed by atoms with Crippen LogP contribution in [0.2, 0.25) is 0 Å². The predicted octanol–water partition coefficient (Wildman–Crippen LogP) is 1.70. The van der Waals surface area contributed by atoms with Crippen molar-refractivity contribution >= 4 is 28.4 Å². The van der Waals surface area contributed by atoms with E-state index in [0.29, 0.717) is 6.54 Å². The maximum Gasteiger partial charge on any atom is 0.338 e. The van der Waals surface area contributed by atoms with Gasteiger partial charge in [0.2, 0.25) is 10.0 Å². The SMILES string of the molecule is CCOC(=O)c1cc(F)cc(S(=O)(=O)NC2CNCCC2C)c1.Cl. The van der Waals surface area contributed by atoms with Crippen LogP contribution in [0.25, 0.3) is 0 Å². The molecule has 2 unspecified atom stereocenters. The first kappa shape index (κ1) is 20.8. The van der Waals surface area contributed by atoms with E-state index >= 15 is 0 Å². The van der Waals surface area contributed by atoms with Crippen molar-refractivity contribution < 1.29 is 22.3 Å². The molecule has 2 rings (SSSR count). The molecule has 6 nitrogen and oxygen atoms in total. The molecule has 9 heteroatoms. The number of ether oxygens (including phenoxy) is 1. The number of esters is 1. The summed E-state index contributed by atoms with van der Waals surface area (Å²) in [6.07, 6.45) is 0.852. The molecule has 0 saturated carbocycles. The van der Waals surface area contributed by atoms with Gasteiger partial charge in [0.05, 0.1) is 17.1 Å². The number of rotatable bonds is 5. The molecule has 136 valence electrons. The minimum atomic E-state index is -3.92. The van der Waals surface area contributed by atoms with E-state index in [1.807, 2.05) is 6.92 Å². The molecule has 1 aliphatic rings. The summed E-state index contributed by atoms with van der Waals surface area (Å²) in [7, 11) is -3.92. The summed E-state index contributed by atoms with van der Waals surface area (Å²) >= 11 is 0. The number of piperidine rings is 1. The summed E-state index contributed by atoms with van der Waals surface area (Å²) in [6.45, 7) is 5.06. The van der Waals surface area contributed by atoms with Crippen LogP contribution in [0.1, 0.15) is 30.6 Å². The fraction of sp³-hybridized carbons (Fsp3) is 0.533. The topological polar surface area (TPSA) is 84.5 Å². The zero-order valence-electron chi connectivity index (χ0n) is 13.5. The van der Waals surface area contributed by atoms with Crippen molar-refractivity contribution in [2.24, 2.45) is 5.92 Å². The lowest BCUT2D eigenvalue weighted by Crippen LogP contribution is -2.50. The second-order valence-electron chi connectivity index (χ2n) is 5.59. The molecule has 1 heterocycles. The molecular weight excluding hydrogens is 359 g/mol. The zero-order valence-corrected chi connectivity index (χ0v) is 15.2. The van der Waals surface area contributed by atoms with Crippen molar-refractivity contribution in [2.75, 3.05) is 19.7 Å². The third-order valence-corrected chi connectivity index (χ3v) is 5.30. The molecule has 1 aromatic rings. The Labute approximate surface area is 147 Å². The van der Waals surface area contributed by atoms with Gasteiger partial charge in [0, 0.05) is 12.6 Å². The normalized spacial score (nSPS) is 21.0. The summed E-state index contributed by atoms with van der Waals surface area (Å²) in [5.41, 5.74) is -0.123. The Morgan fingerprint density at radius 1 is 1.42 bits per heavy atom. The van der Waals surface area contributed by atoms with E-state index in [1.165, 1.54) is 0 Å². The number of nitrogens with one attached hydrogen (secondary N) is 2. The molecule has 24 heavy (non-hydrogen) atoms. The number of carbonyl (C=O) groups excluding carboxylic acids is 1. The second kappa shape index (κ2) is 8.75. The molecule has 1 aromatic carbocycles. The van der Waals surface area contributed by atoms with Gasteiger partial charge in [-0.2, -0.15) is 0 Å². The Hall–Kier alpha value is -1.22. The van der Waals surface area contributed by atoms with E-state index in [-0.39, 0.29) is 41.4 Å². The highest BCUT2D eigenvalue weighted by Gasteiger charge is 2.27. The highest BCUT2D eigenvalue weighted by atomic mass is 35.5. The van der Waals surface area contributed by atoms with Gasteiger partial charge in [0.25, 0.3) is 0 Å². The fourth-order valence-corrected chi connectivity index (χ4v) is 3.87. The van der Waals surface area contributed by atoms with Gasteiger partial charge in [-0.25, -0.2) is 22.3 Å². The molecule has 0 radical (unpaired) electrons. The molecule has 1 aliphatic heterocycles. The van der Waals surface area contributed by atoms with Crippen LogP contribution in [-0.4, -0.2) is 40.1 Å². The lowest BCUT2D eigenvalue weighted by atomic mass is 9.96. The van der Waals surface area contributed by atoms with Gasteiger partial charge in [-0.1, -0.05) is 6.92 Å². The van der Waals surface area contributed by atoms with Crippen LogP contribution in [0, 0.1) is 11.7 Å². The van der Waals surface area contributed by atoms with Crippen molar-refractivity contribution in [2.45, 2.75) is 31.2 Å². The van der Waals surface area contributed by atoms with E-state index in [2.05, 4.69) is 10.0 Å². The summed E-state index contributed by atoms with van der Waals surface area (Å²) in [5.74, 6) is -1.38. The lowest BCUT2D eigenvalue weighted by molar-refractivity contribution is 0.0525. The molecule has 0 bridgehead atoms. The lowest BCUT2D eigenvalue weighted by Gasteiger charge is -2.30. The maximum atomic E-state index is 13.7. The minimum Gasteiger partial charge on any atom is -0.462 e. The summed E-state index contributed by atoms with van der Waals surface area (Å²) in [6, 6.07) is 2.71. The molecule has 0 amide bonds. The van der Waals surface area contributed by atoms with E-state index < -0.39 is 21.8 Å². The Bertz CT molecular complexity index is 684. The monoisotopic (exact) mass is 380 g/mol.